The van der Waals surface area contributed by atoms with Crippen molar-refractivity contribution in [1.29, 1.82) is 0 Å². The van der Waals surface area contributed by atoms with E-state index < -0.39 is 24.9 Å². The van der Waals surface area contributed by atoms with Gasteiger partial charge in [0.2, 0.25) is 5.88 Å². The molecule has 0 aliphatic carbocycles. The Hall–Kier alpha value is -2.75. The molecule has 0 aliphatic rings. The van der Waals surface area contributed by atoms with Gasteiger partial charge in [-0.25, -0.2) is 13.8 Å². The van der Waals surface area contributed by atoms with Crippen LogP contribution in [0, 0.1) is 0 Å². The first kappa shape index (κ1) is 22.3. The van der Waals surface area contributed by atoms with Crippen molar-refractivity contribution in [3.05, 3.63) is 42.1 Å². The summed E-state index contributed by atoms with van der Waals surface area (Å²) >= 11 is 0. The van der Waals surface area contributed by atoms with Crippen LogP contribution in [0.3, 0.4) is 0 Å². The minimum Gasteiger partial charge on any atom is -0.495 e. The molecule has 1 aromatic heterocycles. The average molecular weight is 410 g/mol. The van der Waals surface area contributed by atoms with E-state index in [4.69, 9.17) is 10.5 Å². The number of halogens is 5. The molecule has 1 heterocycles. The fourth-order valence-electron chi connectivity index (χ4n) is 1.85. The fourth-order valence-corrected chi connectivity index (χ4v) is 1.85. The van der Waals surface area contributed by atoms with Gasteiger partial charge >= 0.3 is 12.3 Å². The molecule has 3 N–H and O–H groups in total. The van der Waals surface area contributed by atoms with Crippen LogP contribution in [0.5, 0.6) is 11.6 Å². The highest BCUT2D eigenvalue weighted by Crippen LogP contribution is 2.25. The summed E-state index contributed by atoms with van der Waals surface area (Å²) in [7, 11) is 1.45. The molecule has 6 nitrogen and oxygen atoms in total. The van der Waals surface area contributed by atoms with E-state index in [-0.39, 0.29) is 23.9 Å². The van der Waals surface area contributed by atoms with Crippen LogP contribution in [-0.2, 0) is 0 Å². The van der Waals surface area contributed by atoms with Gasteiger partial charge in [0.15, 0.2) is 6.61 Å². The molecule has 0 atom stereocenters. The van der Waals surface area contributed by atoms with E-state index in [1.807, 2.05) is 0 Å². The summed E-state index contributed by atoms with van der Waals surface area (Å²) in [5.74, 6) is -4.68. The first-order valence-corrected chi connectivity index (χ1v) is 7.22. The number of alkyl halides is 4. The van der Waals surface area contributed by atoms with Gasteiger partial charge in [-0.15, -0.1) is 12.4 Å². The number of pyridine rings is 1. The van der Waals surface area contributed by atoms with Crippen LogP contribution in [0.25, 0.3) is 0 Å². The third-order valence-electron chi connectivity index (χ3n) is 3.22. The highest BCUT2D eigenvalue weighted by molar-refractivity contribution is 6.04. The maximum atomic E-state index is 12.8. The molecule has 1 amide bonds. The lowest BCUT2D eigenvalue weighted by atomic mass is 10.2. The average Bonchev–Trinajstić information content (AvgIpc) is 2.60. The minimum atomic E-state index is -4.29. The van der Waals surface area contributed by atoms with Crippen molar-refractivity contribution in [2.45, 2.75) is 12.3 Å². The number of anilines is 2. The molecule has 148 valence electrons. The Bertz CT molecular complexity index is 776. The lowest BCUT2D eigenvalue weighted by Crippen LogP contribution is -2.33. The molecule has 0 bridgehead atoms. The van der Waals surface area contributed by atoms with Crippen molar-refractivity contribution in [2.24, 2.45) is 0 Å². The molecule has 0 saturated heterocycles. The third-order valence-corrected chi connectivity index (χ3v) is 3.22. The maximum Gasteiger partial charge on any atom is 0.340 e. The Kier molecular flexibility index (Phi) is 7.65. The smallest absolute Gasteiger partial charge is 0.340 e. The number of hydrogen-bond acceptors (Lipinski definition) is 5. The van der Waals surface area contributed by atoms with Crippen LogP contribution in [0.4, 0.5) is 28.9 Å². The molecule has 2 aromatic rings. The number of nitrogens with two attached hydrogens (primary N) is 1. The van der Waals surface area contributed by atoms with Crippen molar-refractivity contribution >= 4 is 29.7 Å². The third kappa shape index (κ3) is 5.88. The fraction of sp³-hybridized carbons (Fsp3) is 0.250. The second-order valence-corrected chi connectivity index (χ2v) is 5.15. The molecule has 1 aromatic carbocycles. The van der Waals surface area contributed by atoms with Crippen molar-refractivity contribution < 1.29 is 31.8 Å². The number of amides is 1. The number of nitrogen functional groups attached to an aromatic ring is 1. The van der Waals surface area contributed by atoms with Gasteiger partial charge < -0.3 is 20.5 Å². The number of nitrogens with zero attached hydrogens (tertiary/aromatic N) is 1. The number of benzene rings is 1. The van der Waals surface area contributed by atoms with Gasteiger partial charge in [0, 0.05) is 18.0 Å². The van der Waals surface area contributed by atoms with Crippen LogP contribution in [-0.4, -0.2) is 37.0 Å². The van der Waals surface area contributed by atoms with Crippen LogP contribution >= 0.6 is 12.4 Å². The summed E-state index contributed by atoms with van der Waals surface area (Å²) < 4.78 is 59.2. The molecule has 0 spiro atoms. The quantitative estimate of drug-likeness (QED) is 0.538. The number of carbonyl (C=O) groups excluding carboxylic acids is 1. The van der Waals surface area contributed by atoms with Crippen LogP contribution in [0.2, 0.25) is 0 Å². The number of ether oxygens (including phenoxy) is 2. The Morgan fingerprint density at radius 3 is 2.52 bits per heavy atom. The summed E-state index contributed by atoms with van der Waals surface area (Å²) in [6.07, 6.45) is -2.78. The van der Waals surface area contributed by atoms with E-state index in [1.54, 1.807) is 12.1 Å². The van der Waals surface area contributed by atoms with Gasteiger partial charge in [0.1, 0.15) is 5.75 Å². The van der Waals surface area contributed by atoms with E-state index in [0.717, 1.165) is 12.3 Å². The summed E-state index contributed by atoms with van der Waals surface area (Å²) in [5.41, 5.74) is 6.57. The van der Waals surface area contributed by atoms with E-state index in [0.29, 0.717) is 17.1 Å². The first-order chi connectivity index (χ1) is 12.2. The normalized spacial score (nSPS) is 10.9. The molecule has 0 radical (unpaired) electrons. The Morgan fingerprint density at radius 1 is 1.30 bits per heavy atom. The SMILES string of the molecule is COc1ccc(NC(=O)c2ccc(OCC(F)(F)C(F)F)nc2)cc1N.Cl. The zero-order valence-electron chi connectivity index (χ0n) is 13.9. The highest BCUT2D eigenvalue weighted by atomic mass is 35.5. The van der Waals surface area contributed by atoms with Gasteiger partial charge in [0.05, 0.1) is 18.4 Å². The molecular weight excluding hydrogens is 394 g/mol. The van der Waals surface area contributed by atoms with Gasteiger partial charge in [-0.05, 0) is 24.3 Å². The Morgan fingerprint density at radius 2 is 2.00 bits per heavy atom. The van der Waals surface area contributed by atoms with Crippen LogP contribution in [0.1, 0.15) is 10.4 Å². The monoisotopic (exact) mass is 409 g/mol. The van der Waals surface area contributed by atoms with E-state index in [9.17, 15) is 22.4 Å². The molecule has 0 fully saturated rings. The summed E-state index contributed by atoms with van der Waals surface area (Å²) in [4.78, 5) is 15.8. The van der Waals surface area contributed by atoms with E-state index in [1.165, 1.54) is 19.2 Å². The van der Waals surface area contributed by atoms with E-state index in [2.05, 4.69) is 15.0 Å². The second-order valence-electron chi connectivity index (χ2n) is 5.15. The van der Waals surface area contributed by atoms with Gasteiger partial charge in [0.25, 0.3) is 5.91 Å². The molecule has 0 saturated carbocycles. The number of methoxy groups -OCH3 is 1. The summed E-state index contributed by atoms with van der Waals surface area (Å²) in [6.45, 7) is -1.52. The zero-order valence-corrected chi connectivity index (χ0v) is 14.7. The number of hydrogen-bond donors (Lipinski definition) is 2. The summed E-state index contributed by atoms with van der Waals surface area (Å²) in [6, 6.07) is 7.02. The van der Waals surface area contributed by atoms with Crippen molar-refractivity contribution in [2.75, 3.05) is 24.8 Å². The molecular formula is C16H16ClF4N3O3. The first-order valence-electron chi connectivity index (χ1n) is 7.22. The molecule has 11 heteroatoms. The molecule has 2 rings (SSSR count). The van der Waals surface area contributed by atoms with Gasteiger partial charge in [-0.1, -0.05) is 0 Å². The van der Waals surface area contributed by atoms with Crippen molar-refractivity contribution in [3.63, 3.8) is 0 Å². The number of carbonyl (C=O) groups is 1. The van der Waals surface area contributed by atoms with Gasteiger partial charge in [-0.3, -0.25) is 4.79 Å². The standard InChI is InChI=1S/C16H15F4N3O3.ClH/c1-25-12-4-3-10(6-11(12)21)23-14(24)9-2-5-13(22-7-9)26-8-16(19,20)15(17)18;/h2-7,15H,8,21H2,1H3,(H,23,24);1H. The lowest BCUT2D eigenvalue weighted by Gasteiger charge is -2.15. The largest absolute Gasteiger partial charge is 0.495 e. The van der Waals surface area contributed by atoms with Crippen molar-refractivity contribution in [1.82, 2.24) is 4.98 Å². The molecule has 0 unspecified atom stereocenters. The van der Waals surface area contributed by atoms with E-state index >= 15 is 0 Å². The predicted octanol–water partition coefficient (Wildman–Crippen LogP) is 3.63. The predicted molar refractivity (Wildman–Crippen MR) is 93.3 cm³/mol. The minimum absolute atomic E-state index is 0. The van der Waals surface area contributed by atoms with Crippen LogP contribution < -0.4 is 20.5 Å². The Labute approximate surface area is 158 Å². The number of rotatable bonds is 7. The Balaban J connectivity index is 0.00000364. The van der Waals surface area contributed by atoms with Gasteiger partial charge in [-0.2, -0.15) is 8.78 Å². The highest BCUT2D eigenvalue weighted by Gasteiger charge is 2.41. The van der Waals surface area contributed by atoms with Crippen molar-refractivity contribution in [3.8, 4) is 11.6 Å². The maximum absolute atomic E-state index is 12.8. The second kappa shape index (κ2) is 9.26. The lowest BCUT2D eigenvalue weighted by molar-refractivity contribution is -0.148. The topological polar surface area (TPSA) is 86.5 Å². The number of aromatic nitrogens is 1. The molecule has 27 heavy (non-hydrogen) atoms. The number of nitrogens with one attached hydrogen (secondary N) is 1. The summed E-state index contributed by atoms with van der Waals surface area (Å²) in [5, 5.41) is 2.57. The van der Waals surface area contributed by atoms with Crippen LogP contribution in [0.15, 0.2) is 36.5 Å². The molecule has 0 aliphatic heterocycles. The zero-order chi connectivity index (χ0) is 19.3.